The van der Waals surface area contributed by atoms with Crippen molar-refractivity contribution in [1.29, 1.82) is 0 Å². The molecule has 0 radical (unpaired) electrons. The Hall–Kier alpha value is -3.20. The summed E-state index contributed by atoms with van der Waals surface area (Å²) in [4.78, 5) is 12.3. The molecule has 1 saturated carbocycles. The monoisotopic (exact) mass is 400 g/mol. The zero-order valence-corrected chi connectivity index (χ0v) is 16.1. The van der Waals surface area contributed by atoms with Gasteiger partial charge in [-0.3, -0.25) is 9.48 Å². The Balaban J connectivity index is 1.46. The molecule has 1 aliphatic carbocycles. The molecule has 0 aliphatic heterocycles. The molecule has 8 nitrogen and oxygen atoms in total. The number of nitrogens with one attached hydrogen (secondary N) is 1. The molecule has 1 aliphatic rings. The van der Waals surface area contributed by atoms with Crippen LogP contribution in [0.1, 0.15) is 34.7 Å². The van der Waals surface area contributed by atoms with Crippen molar-refractivity contribution in [3.63, 3.8) is 0 Å². The van der Waals surface area contributed by atoms with Gasteiger partial charge in [-0.2, -0.15) is 0 Å². The number of nitrogens with zero attached hydrogens (tertiary/aromatic N) is 3. The van der Waals surface area contributed by atoms with Gasteiger partial charge in [-0.15, -0.1) is 5.10 Å². The van der Waals surface area contributed by atoms with Gasteiger partial charge in [-0.25, -0.2) is 4.39 Å². The summed E-state index contributed by atoms with van der Waals surface area (Å²) in [6.07, 6.45) is 0.977. The first-order valence-corrected chi connectivity index (χ1v) is 9.29. The second-order valence-corrected chi connectivity index (χ2v) is 7.11. The van der Waals surface area contributed by atoms with Gasteiger partial charge >= 0.3 is 0 Å². The van der Waals surface area contributed by atoms with Crippen LogP contribution in [0.15, 0.2) is 34.9 Å². The molecule has 0 spiro atoms. The van der Waals surface area contributed by atoms with Crippen molar-refractivity contribution >= 4 is 5.91 Å². The number of ether oxygens (including phenoxy) is 1. The first-order chi connectivity index (χ1) is 13.9. The van der Waals surface area contributed by atoms with Gasteiger partial charge in [0.05, 0.1) is 5.56 Å². The number of hydrogen-bond acceptors (Lipinski definition) is 6. The number of aliphatic hydroxyl groups excluding tert-OH is 1. The van der Waals surface area contributed by atoms with Crippen LogP contribution in [-0.2, 0) is 13.7 Å². The Labute approximate surface area is 166 Å². The molecule has 2 heterocycles. The fourth-order valence-electron chi connectivity index (χ4n) is 3.00. The van der Waals surface area contributed by atoms with Crippen molar-refractivity contribution < 1.29 is 23.6 Å². The van der Waals surface area contributed by atoms with Crippen LogP contribution in [-0.4, -0.2) is 32.2 Å². The average molecular weight is 400 g/mol. The summed E-state index contributed by atoms with van der Waals surface area (Å²) < 4.78 is 25.6. The van der Waals surface area contributed by atoms with Crippen molar-refractivity contribution in [2.45, 2.75) is 32.6 Å². The molecule has 1 aromatic carbocycles. The van der Waals surface area contributed by atoms with Crippen molar-refractivity contribution in [2.75, 3.05) is 0 Å². The smallest absolute Gasteiger partial charge is 0.271 e. The van der Waals surface area contributed by atoms with E-state index >= 15 is 0 Å². The van der Waals surface area contributed by atoms with E-state index in [0.29, 0.717) is 22.6 Å². The summed E-state index contributed by atoms with van der Waals surface area (Å²) in [5.41, 5.74) is 2.25. The second kappa shape index (κ2) is 7.67. The highest BCUT2D eigenvalue weighted by Gasteiger charge is 2.31. The number of benzene rings is 1. The van der Waals surface area contributed by atoms with E-state index in [2.05, 4.69) is 15.6 Å². The minimum absolute atomic E-state index is 0.116. The van der Waals surface area contributed by atoms with Gasteiger partial charge in [0.25, 0.3) is 5.91 Å². The van der Waals surface area contributed by atoms with E-state index in [0.717, 1.165) is 12.8 Å². The normalized spacial score (nSPS) is 14.6. The predicted octanol–water partition coefficient (Wildman–Crippen LogP) is 2.56. The summed E-state index contributed by atoms with van der Waals surface area (Å²) in [6.45, 7) is 1.88. The third-order valence-electron chi connectivity index (χ3n) is 4.90. The third kappa shape index (κ3) is 4.14. The highest BCUT2D eigenvalue weighted by atomic mass is 19.1. The summed E-state index contributed by atoms with van der Waals surface area (Å²) in [5, 5.41) is 20.7. The lowest BCUT2D eigenvalue weighted by atomic mass is 10.1. The van der Waals surface area contributed by atoms with Gasteiger partial charge < -0.3 is 19.7 Å². The van der Waals surface area contributed by atoms with Crippen LogP contribution in [0.2, 0.25) is 0 Å². The standard InChI is InChI=1S/C20H21FN4O4/c1-11-15(18(24-29-11)12-5-7-14(21)8-6-12)10-28-17-9-16(25(2)23-17)20(27)22-19(26)13-3-4-13/h5-9,13,19,26H,3-4,10H2,1-2H3,(H,22,27). The first kappa shape index (κ1) is 19.1. The molecule has 2 aromatic heterocycles. The molecule has 2 N–H and O–H groups in total. The fourth-order valence-corrected chi connectivity index (χ4v) is 3.00. The number of amides is 1. The van der Waals surface area contributed by atoms with E-state index in [1.165, 1.54) is 22.9 Å². The third-order valence-corrected chi connectivity index (χ3v) is 4.90. The van der Waals surface area contributed by atoms with Crippen molar-refractivity contribution in [1.82, 2.24) is 20.3 Å². The summed E-state index contributed by atoms with van der Waals surface area (Å²) in [7, 11) is 1.62. The van der Waals surface area contributed by atoms with Gasteiger partial charge in [-0.1, -0.05) is 5.16 Å². The number of carbonyl (C=O) groups excluding carboxylic acids is 1. The maximum absolute atomic E-state index is 13.2. The Morgan fingerprint density at radius 1 is 1.41 bits per heavy atom. The van der Waals surface area contributed by atoms with Crippen LogP contribution in [0.5, 0.6) is 5.88 Å². The van der Waals surface area contributed by atoms with Crippen LogP contribution in [0.4, 0.5) is 4.39 Å². The van der Waals surface area contributed by atoms with E-state index in [-0.39, 0.29) is 29.9 Å². The molecular weight excluding hydrogens is 379 g/mol. The van der Waals surface area contributed by atoms with Crippen LogP contribution in [0.25, 0.3) is 11.3 Å². The lowest BCUT2D eigenvalue weighted by molar-refractivity contribution is 0.0721. The molecule has 1 unspecified atom stereocenters. The van der Waals surface area contributed by atoms with Gasteiger partial charge in [0.2, 0.25) is 5.88 Å². The van der Waals surface area contributed by atoms with Crippen molar-refractivity contribution in [2.24, 2.45) is 13.0 Å². The maximum Gasteiger partial charge on any atom is 0.271 e. The number of aliphatic hydroxyl groups is 1. The zero-order chi connectivity index (χ0) is 20.5. The molecule has 1 amide bonds. The molecule has 0 bridgehead atoms. The minimum Gasteiger partial charge on any atom is -0.471 e. The number of aryl methyl sites for hydroxylation is 2. The highest BCUT2D eigenvalue weighted by molar-refractivity contribution is 5.93. The molecule has 3 aromatic rings. The van der Waals surface area contributed by atoms with Crippen LogP contribution >= 0.6 is 0 Å². The highest BCUT2D eigenvalue weighted by Crippen LogP contribution is 2.31. The van der Waals surface area contributed by atoms with Gasteiger partial charge in [0.15, 0.2) is 0 Å². The molecule has 152 valence electrons. The molecule has 1 atom stereocenters. The van der Waals surface area contributed by atoms with E-state index in [1.54, 1.807) is 26.1 Å². The molecule has 29 heavy (non-hydrogen) atoms. The van der Waals surface area contributed by atoms with E-state index in [9.17, 15) is 14.3 Å². The molecular formula is C20H21FN4O4. The molecule has 4 rings (SSSR count). The Morgan fingerprint density at radius 2 is 2.14 bits per heavy atom. The Bertz CT molecular complexity index is 1020. The molecule has 1 fully saturated rings. The van der Waals surface area contributed by atoms with Crippen molar-refractivity contribution in [3.05, 3.63) is 53.2 Å². The maximum atomic E-state index is 13.2. The Morgan fingerprint density at radius 3 is 2.83 bits per heavy atom. The summed E-state index contributed by atoms with van der Waals surface area (Å²) in [5.74, 6) is 0.208. The lowest BCUT2D eigenvalue weighted by Gasteiger charge is -2.11. The topological polar surface area (TPSA) is 102 Å². The van der Waals surface area contributed by atoms with Crippen molar-refractivity contribution in [3.8, 4) is 17.1 Å². The number of halogens is 1. The van der Waals surface area contributed by atoms with E-state index in [4.69, 9.17) is 9.26 Å². The minimum atomic E-state index is -0.848. The lowest BCUT2D eigenvalue weighted by Crippen LogP contribution is -2.37. The van der Waals surface area contributed by atoms with Crippen LogP contribution < -0.4 is 10.1 Å². The van der Waals surface area contributed by atoms with Gasteiger partial charge in [0, 0.05) is 24.6 Å². The fraction of sp³-hybridized carbons (Fsp3) is 0.350. The number of rotatable bonds is 7. The number of aromatic nitrogens is 3. The Kier molecular flexibility index (Phi) is 5.06. The number of hydrogen-bond donors (Lipinski definition) is 2. The van der Waals surface area contributed by atoms with Gasteiger partial charge in [-0.05, 0) is 44.0 Å². The molecule has 0 saturated heterocycles. The zero-order valence-electron chi connectivity index (χ0n) is 16.1. The van der Waals surface area contributed by atoms with Crippen LogP contribution in [0.3, 0.4) is 0 Å². The largest absolute Gasteiger partial charge is 0.471 e. The molecule has 9 heteroatoms. The summed E-state index contributed by atoms with van der Waals surface area (Å²) >= 11 is 0. The van der Waals surface area contributed by atoms with Crippen LogP contribution in [0, 0.1) is 18.7 Å². The van der Waals surface area contributed by atoms with E-state index < -0.39 is 12.1 Å². The quantitative estimate of drug-likeness (QED) is 0.591. The second-order valence-electron chi connectivity index (χ2n) is 7.11. The van der Waals surface area contributed by atoms with Gasteiger partial charge in [0.1, 0.15) is 35.8 Å². The summed E-state index contributed by atoms with van der Waals surface area (Å²) in [6, 6.07) is 7.44. The SMILES string of the molecule is Cc1onc(-c2ccc(F)cc2)c1COc1cc(C(=O)NC(O)C2CC2)n(C)n1. The predicted molar refractivity (Wildman–Crippen MR) is 100 cm³/mol. The van der Waals surface area contributed by atoms with E-state index in [1.807, 2.05) is 0 Å². The first-order valence-electron chi connectivity index (χ1n) is 9.29. The average Bonchev–Trinajstić information content (AvgIpc) is 3.39. The number of carbonyl (C=O) groups is 1.